The van der Waals surface area contributed by atoms with Crippen LogP contribution in [-0.4, -0.2) is 18.1 Å². The standard InChI is InChI=1S/C13H23N3/c1-4-9-16(6-3)11-7-8-13(15-10-11)12(14)5-2/h7-8,10,12H,4-6,9,14H2,1-3H3/t12-/m0/s1. The van der Waals surface area contributed by atoms with Gasteiger partial charge in [0.2, 0.25) is 0 Å². The van der Waals surface area contributed by atoms with Gasteiger partial charge in [-0.3, -0.25) is 4.98 Å². The molecule has 1 aromatic heterocycles. The van der Waals surface area contributed by atoms with Crippen molar-refractivity contribution >= 4 is 5.69 Å². The van der Waals surface area contributed by atoms with E-state index in [1.807, 2.05) is 12.3 Å². The Hall–Kier alpha value is -1.09. The van der Waals surface area contributed by atoms with E-state index in [1.165, 1.54) is 5.69 Å². The van der Waals surface area contributed by atoms with Crippen LogP contribution in [0.5, 0.6) is 0 Å². The molecule has 1 heterocycles. The fraction of sp³-hybridized carbons (Fsp3) is 0.615. The third kappa shape index (κ3) is 3.20. The van der Waals surface area contributed by atoms with Gasteiger partial charge in [0.05, 0.1) is 17.6 Å². The summed E-state index contributed by atoms with van der Waals surface area (Å²) < 4.78 is 0. The number of pyridine rings is 1. The summed E-state index contributed by atoms with van der Waals surface area (Å²) in [4.78, 5) is 6.76. The van der Waals surface area contributed by atoms with Crippen LogP contribution in [0.2, 0.25) is 0 Å². The normalized spacial score (nSPS) is 12.5. The first kappa shape index (κ1) is 13.0. The van der Waals surface area contributed by atoms with E-state index in [4.69, 9.17) is 5.73 Å². The number of nitrogens with two attached hydrogens (primary N) is 1. The van der Waals surface area contributed by atoms with E-state index >= 15 is 0 Å². The highest BCUT2D eigenvalue weighted by atomic mass is 15.1. The van der Waals surface area contributed by atoms with E-state index in [1.54, 1.807) is 0 Å². The summed E-state index contributed by atoms with van der Waals surface area (Å²) in [7, 11) is 0. The molecule has 0 aliphatic rings. The maximum atomic E-state index is 5.94. The largest absolute Gasteiger partial charge is 0.371 e. The van der Waals surface area contributed by atoms with Gasteiger partial charge in [0.1, 0.15) is 0 Å². The van der Waals surface area contributed by atoms with Crippen molar-refractivity contribution in [3.05, 3.63) is 24.0 Å². The zero-order valence-electron chi connectivity index (χ0n) is 10.6. The quantitative estimate of drug-likeness (QED) is 0.803. The van der Waals surface area contributed by atoms with Crippen molar-refractivity contribution in [1.82, 2.24) is 4.98 Å². The van der Waals surface area contributed by atoms with E-state index in [2.05, 4.69) is 36.7 Å². The van der Waals surface area contributed by atoms with Gasteiger partial charge < -0.3 is 10.6 Å². The van der Waals surface area contributed by atoms with Crippen LogP contribution in [0.1, 0.15) is 45.3 Å². The molecule has 0 saturated heterocycles. The first-order valence-electron chi connectivity index (χ1n) is 6.19. The smallest absolute Gasteiger partial charge is 0.0572 e. The number of hydrogen-bond acceptors (Lipinski definition) is 3. The third-order valence-corrected chi connectivity index (χ3v) is 2.83. The molecule has 0 aromatic carbocycles. The van der Waals surface area contributed by atoms with Crippen LogP contribution in [0.4, 0.5) is 5.69 Å². The minimum Gasteiger partial charge on any atom is -0.371 e. The average Bonchev–Trinajstić information content (AvgIpc) is 2.35. The third-order valence-electron chi connectivity index (χ3n) is 2.83. The highest BCUT2D eigenvalue weighted by Gasteiger charge is 2.07. The van der Waals surface area contributed by atoms with Crippen LogP contribution in [0.15, 0.2) is 18.3 Å². The molecule has 0 spiro atoms. The van der Waals surface area contributed by atoms with E-state index in [9.17, 15) is 0 Å². The van der Waals surface area contributed by atoms with Gasteiger partial charge in [0.25, 0.3) is 0 Å². The van der Waals surface area contributed by atoms with Crippen LogP contribution in [0, 0.1) is 0 Å². The lowest BCUT2D eigenvalue weighted by atomic mass is 10.1. The molecule has 0 unspecified atom stereocenters. The topological polar surface area (TPSA) is 42.1 Å². The first-order valence-corrected chi connectivity index (χ1v) is 6.19. The summed E-state index contributed by atoms with van der Waals surface area (Å²) in [6.45, 7) is 8.54. The summed E-state index contributed by atoms with van der Waals surface area (Å²) >= 11 is 0. The van der Waals surface area contributed by atoms with E-state index in [-0.39, 0.29) is 6.04 Å². The Balaban J connectivity index is 2.76. The van der Waals surface area contributed by atoms with Crippen molar-refractivity contribution < 1.29 is 0 Å². The number of anilines is 1. The minimum absolute atomic E-state index is 0.0651. The zero-order valence-corrected chi connectivity index (χ0v) is 10.6. The molecule has 0 radical (unpaired) electrons. The van der Waals surface area contributed by atoms with Crippen LogP contribution in [0.3, 0.4) is 0 Å². The Morgan fingerprint density at radius 2 is 2.06 bits per heavy atom. The molecular formula is C13H23N3. The molecule has 0 saturated carbocycles. The molecule has 0 aliphatic carbocycles. The molecule has 3 nitrogen and oxygen atoms in total. The maximum Gasteiger partial charge on any atom is 0.0572 e. The van der Waals surface area contributed by atoms with Crippen LogP contribution in [-0.2, 0) is 0 Å². The van der Waals surface area contributed by atoms with Crippen molar-refractivity contribution in [3.63, 3.8) is 0 Å². The van der Waals surface area contributed by atoms with E-state index < -0.39 is 0 Å². The summed E-state index contributed by atoms with van der Waals surface area (Å²) in [5.74, 6) is 0. The average molecular weight is 221 g/mol. The van der Waals surface area contributed by atoms with Gasteiger partial charge in [-0.2, -0.15) is 0 Å². The maximum absolute atomic E-state index is 5.94. The summed E-state index contributed by atoms with van der Waals surface area (Å²) in [5.41, 5.74) is 8.11. The van der Waals surface area contributed by atoms with Gasteiger partial charge in [-0.1, -0.05) is 13.8 Å². The van der Waals surface area contributed by atoms with Crippen molar-refractivity contribution in [2.24, 2.45) is 5.73 Å². The molecule has 90 valence electrons. The molecule has 16 heavy (non-hydrogen) atoms. The predicted molar refractivity (Wildman–Crippen MR) is 69.6 cm³/mol. The van der Waals surface area contributed by atoms with Gasteiger partial charge >= 0.3 is 0 Å². The van der Waals surface area contributed by atoms with E-state index in [0.29, 0.717) is 0 Å². The summed E-state index contributed by atoms with van der Waals surface area (Å²) in [5, 5.41) is 0. The van der Waals surface area contributed by atoms with Crippen molar-refractivity contribution in [3.8, 4) is 0 Å². The second-order valence-electron chi connectivity index (χ2n) is 4.04. The van der Waals surface area contributed by atoms with Crippen LogP contribution in [0.25, 0.3) is 0 Å². The van der Waals surface area contributed by atoms with Crippen LogP contribution < -0.4 is 10.6 Å². The van der Waals surface area contributed by atoms with Gasteiger partial charge in [-0.15, -0.1) is 0 Å². The molecule has 1 aromatic rings. The lowest BCUT2D eigenvalue weighted by molar-refractivity contribution is 0.674. The summed E-state index contributed by atoms with van der Waals surface area (Å²) in [6, 6.07) is 4.23. The Morgan fingerprint density at radius 1 is 1.31 bits per heavy atom. The Morgan fingerprint density at radius 3 is 2.50 bits per heavy atom. The molecule has 1 rings (SSSR count). The van der Waals surface area contributed by atoms with E-state index in [0.717, 1.165) is 31.6 Å². The van der Waals surface area contributed by atoms with Crippen molar-refractivity contribution in [1.29, 1.82) is 0 Å². The fourth-order valence-corrected chi connectivity index (χ4v) is 1.75. The Kier molecular flexibility index (Phi) is 5.26. The first-order chi connectivity index (χ1) is 7.72. The number of aromatic nitrogens is 1. The Labute approximate surface area is 98.7 Å². The number of nitrogens with zero attached hydrogens (tertiary/aromatic N) is 2. The van der Waals surface area contributed by atoms with Gasteiger partial charge in [0.15, 0.2) is 0 Å². The Bertz CT molecular complexity index is 295. The van der Waals surface area contributed by atoms with Gasteiger partial charge in [-0.25, -0.2) is 0 Å². The predicted octanol–water partition coefficient (Wildman–Crippen LogP) is 2.73. The monoisotopic (exact) mass is 221 g/mol. The second kappa shape index (κ2) is 6.48. The molecule has 2 N–H and O–H groups in total. The van der Waals surface area contributed by atoms with Gasteiger partial charge in [-0.05, 0) is 31.9 Å². The molecule has 0 amide bonds. The molecule has 0 bridgehead atoms. The van der Waals surface area contributed by atoms with Crippen molar-refractivity contribution in [2.75, 3.05) is 18.0 Å². The van der Waals surface area contributed by atoms with Crippen molar-refractivity contribution in [2.45, 2.75) is 39.7 Å². The molecule has 3 heteroatoms. The second-order valence-corrected chi connectivity index (χ2v) is 4.04. The van der Waals surface area contributed by atoms with Gasteiger partial charge in [0, 0.05) is 19.1 Å². The SMILES string of the molecule is CCCN(CC)c1ccc([C@@H](N)CC)nc1. The highest BCUT2D eigenvalue weighted by Crippen LogP contribution is 2.17. The number of hydrogen-bond donors (Lipinski definition) is 1. The van der Waals surface area contributed by atoms with Crippen LogP contribution >= 0.6 is 0 Å². The molecular weight excluding hydrogens is 198 g/mol. The number of rotatable bonds is 6. The lowest BCUT2D eigenvalue weighted by Gasteiger charge is -2.22. The highest BCUT2D eigenvalue weighted by molar-refractivity contribution is 5.44. The minimum atomic E-state index is 0.0651. The molecule has 0 aliphatic heterocycles. The molecule has 0 fully saturated rings. The molecule has 1 atom stereocenters. The zero-order chi connectivity index (χ0) is 12.0. The lowest BCUT2D eigenvalue weighted by Crippen LogP contribution is -2.23. The fourth-order valence-electron chi connectivity index (χ4n) is 1.75. The summed E-state index contributed by atoms with van der Waals surface area (Å²) in [6.07, 6.45) is 4.02.